The Bertz CT molecular complexity index is 339. The van der Waals surface area contributed by atoms with E-state index in [0.29, 0.717) is 6.04 Å². The number of hydrogen-bond donors (Lipinski definition) is 1. The lowest BCUT2D eigenvalue weighted by Gasteiger charge is -2.09. The number of benzene rings is 1. The second-order valence-electron chi connectivity index (χ2n) is 3.61. The van der Waals surface area contributed by atoms with Gasteiger partial charge in [0, 0.05) is 17.7 Å². The van der Waals surface area contributed by atoms with Crippen molar-refractivity contribution in [3.05, 3.63) is 39.9 Å². The molecule has 0 bridgehead atoms. The molecule has 0 aromatic heterocycles. The summed E-state index contributed by atoms with van der Waals surface area (Å²) in [6.07, 6.45) is 1.64. The summed E-state index contributed by atoms with van der Waals surface area (Å²) in [4.78, 5) is 10.4. The number of hydrogen-bond acceptors (Lipinski definition) is 3. The van der Waals surface area contributed by atoms with E-state index in [4.69, 9.17) is 0 Å². The van der Waals surface area contributed by atoms with E-state index < -0.39 is 0 Å². The molecule has 0 fully saturated rings. The highest BCUT2D eigenvalue weighted by Gasteiger charge is 2.12. The maximum Gasteiger partial charge on any atom is 0.272 e. The van der Waals surface area contributed by atoms with Gasteiger partial charge in [0.15, 0.2) is 0 Å². The molecule has 82 valence electrons. The topological polar surface area (TPSA) is 55.2 Å². The largest absolute Gasteiger partial charge is 0.317 e. The summed E-state index contributed by atoms with van der Waals surface area (Å²) in [5, 5.41) is 13.8. The molecule has 4 heteroatoms. The van der Waals surface area contributed by atoms with Crippen molar-refractivity contribution in [1.82, 2.24) is 5.32 Å². The highest BCUT2D eigenvalue weighted by molar-refractivity contribution is 5.39. The molecule has 0 saturated heterocycles. The van der Waals surface area contributed by atoms with Gasteiger partial charge in [0.1, 0.15) is 0 Å². The van der Waals surface area contributed by atoms with Gasteiger partial charge in [-0.05, 0) is 26.8 Å². The summed E-state index contributed by atoms with van der Waals surface area (Å²) in [7, 11) is 1.89. The van der Waals surface area contributed by atoms with Gasteiger partial charge in [-0.2, -0.15) is 0 Å². The third kappa shape index (κ3) is 3.32. The third-order valence-corrected chi connectivity index (χ3v) is 2.53. The van der Waals surface area contributed by atoms with Crippen LogP contribution in [0.1, 0.15) is 18.9 Å². The second kappa shape index (κ2) is 5.46. The van der Waals surface area contributed by atoms with Gasteiger partial charge in [0.05, 0.1) is 4.92 Å². The molecule has 0 radical (unpaired) electrons. The summed E-state index contributed by atoms with van der Waals surface area (Å²) >= 11 is 0. The van der Waals surface area contributed by atoms with Crippen LogP contribution in [0, 0.1) is 10.1 Å². The normalized spacial score (nSPS) is 12.4. The number of nitrogens with zero attached hydrogens (tertiary/aromatic N) is 1. The van der Waals surface area contributed by atoms with E-state index in [1.54, 1.807) is 12.1 Å². The lowest BCUT2D eigenvalue weighted by Crippen LogP contribution is -2.21. The van der Waals surface area contributed by atoms with Crippen LogP contribution >= 0.6 is 0 Å². The first-order valence-electron chi connectivity index (χ1n) is 5.04. The first kappa shape index (κ1) is 11.7. The van der Waals surface area contributed by atoms with Gasteiger partial charge < -0.3 is 5.32 Å². The van der Waals surface area contributed by atoms with Crippen molar-refractivity contribution in [3.63, 3.8) is 0 Å². The average Bonchev–Trinajstić information content (AvgIpc) is 2.26. The van der Waals surface area contributed by atoms with Crippen LogP contribution in [-0.2, 0) is 6.42 Å². The first-order chi connectivity index (χ1) is 7.15. The molecule has 0 aliphatic heterocycles. The number of para-hydroxylation sites is 1. The molecule has 1 unspecified atom stereocenters. The van der Waals surface area contributed by atoms with Crippen molar-refractivity contribution in [2.45, 2.75) is 25.8 Å². The van der Waals surface area contributed by atoms with Crippen molar-refractivity contribution in [2.75, 3.05) is 7.05 Å². The summed E-state index contributed by atoms with van der Waals surface area (Å²) in [5.74, 6) is 0. The molecule has 1 aromatic rings. The second-order valence-corrected chi connectivity index (χ2v) is 3.61. The molecule has 0 aliphatic carbocycles. The fourth-order valence-electron chi connectivity index (χ4n) is 1.42. The zero-order valence-corrected chi connectivity index (χ0v) is 9.06. The van der Waals surface area contributed by atoms with E-state index in [1.807, 2.05) is 19.2 Å². The minimum absolute atomic E-state index is 0.223. The molecular weight excluding hydrogens is 192 g/mol. The summed E-state index contributed by atoms with van der Waals surface area (Å²) in [6.45, 7) is 2.06. The quantitative estimate of drug-likeness (QED) is 0.595. The van der Waals surface area contributed by atoms with Crippen LogP contribution in [-0.4, -0.2) is 18.0 Å². The number of aryl methyl sites for hydroxylation is 1. The van der Waals surface area contributed by atoms with Gasteiger partial charge in [-0.1, -0.05) is 18.2 Å². The molecule has 0 heterocycles. The molecule has 15 heavy (non-hydrogen) atoms. The van der Waals surface area contributed by atoms with Crippen LogP contribution in [0.5, 0.6) is 0 Å². The van der Waals surface area contributed by atoms with Crippen molar-refractivity contribution >= 4 is 5.69 Å². The maximum atomic E-state index is 10.7. The Morgan fingerprint density at radius 3 is 2.73 bits per heavy atom. The molecular formula is C11H16N2O2. The lowest BCUT2D eigenvalue weighted by atomic mass is 10.0. The minimum atomic E-state index is -0.320. The number of nitrogens with one attached hydrogen (secondary N) is 1. The average molecular weight is 208 g/mol. The van der Waals surface area contributed by atoms with Crippen LogP contribution in [0.2, 0.25) is 0 Å². The SMILES string of the molecule is CNC(C)CCc1ccccc1[N+](=O)[O-]. The van der Waals surface area contributed by atoms with E-state index in [-0.39, 0.29) is 10.6 Å². The summed E-state index contributed by atoms with van der Waals surface area (Å²) < 4.78 is 0. The molecule has 0 aliphatic rings. The van der Waals surface area contributed by atoms with Gasteiger partial charge in [-0.3, -0.25) is 10.1 Å². The highest BCUT2D eigenvalue weighted by atomic mass is 16.6. The lowest BCUT2D eigenvalue weighted by molar-refractivity contribution is -0.385. The Balaban J connectivity index is 2.72. The van der Waals surface area contributed by atoms with Gasteiger partial charge in [0.2, 0.25) is 0 Å². The summed E-state index contributed by atoms with van der Waals surface area (Å²) in [6, 6.07) is 7.29. The van der Waals surface area contributed by atoms with Crippen molar-refractivity contribution < 1.29 is 4.92 Å². The van der Waals surface area contributed by atoms with Crippen LogP contribution in [0.3, 0.4) is 0 Å². The van der Waals surface area contributed by atoms with Gasteiger partial charge in [-0.25, -0.2) is 0 Å². The fraction of sp³-hybridized carbons (Fsp3) is 0.455. The number of nitro groups is 1. The fourth-order valence-corrected chi connectivity index (χ4v) is 1.42. The van der Waals surface area contributed by atoms with Crippen LogP contribution in [0.15, 0.2) is 24.3 Å². The highest BCUT2D eigenvalue weighted by Crippen LogP contribution is 2.19. The van der Waals surface area contributed by atoms with E-state index in [1.165, 1.54) is 0 Å². The van der Waals surface area contributed by atoms with Gasteiger partial charge in [-0.15, -0.1) is 0 Å². The Morgan fingerprint density at radius 2 is 2.13 bits per heavy atom. The van der Waals surface area contributed by atoms with Crippen molar-refractivity contribution in [2.24, 2.45) is 0 Å². The molecule has 0 amide bonds. The molecule has 0 saturated carbocycles. The smallest absolute Gasteiger partial charge is 0.272 e. The van der Waals surface area contributed by atoms with Crippen LogP contribution in [0.25, 0.3) is 0 Å². The Morgan fingerprint density at radius 1 is 1.47 bits per heavy atom. The Kier molecular flexibility index (Phi) is 4.24. The summed E-state index contributed by atoms with van der Waals surface area (Å²) in [5.41, 5.74) is 1.03. The predicted octanol–water partition coefficient (Wildman–Crippen LogP) is 2.14. The molecule has 0 spiro atoms. The van der Waals surface area contributed by atoms with Crippen molar-refractivity contribution in [3.8, 4) is 0 Å². The minimum Gasteiger partial charge on any atom is -0.317 e. The molecule has 1 rings (SSSR count). The molecule has 4 nitrogen and oxygen atoms in total. The number of nitro benzene ring substituents is 1. The zero-order valence-electron chi connectivity index (χ0n) is 9.06. The van der Waals surface area contributed by atoms with E-state index in [2.05, 4.69) is 12.2 Å². The van der Waals surface area contributed by atoms with Crippen LogP contribution < -0.4 is 5.32 Å². The van der Waals surface area contributed by atoms with E-state index in [0.717, 1.165) is 18.4 Å². The Hall–Kier alpha value is -1.42. The first-order valence-corrected chi connectivity index (χ1v) is 5.04. The van der Waals surface area contributed by atoms with E-state index >= 15 is 0 Å². The van der Waals surface area contributed by atoms with Gasteiger partial charge >= 0.3 is 0 Å². The predicted molar refractivity (Wildman–Crippen MR) is 59.9 cm³/mol. The monoisotopic (exact) mass is 208 g/mol. The third-order valence-electron chi connectivity index (χ3n) is 2.53. The van der Waals surface area contributed by atoms with Crippen LogP contribution in [0.4, 0.5) is 5.69 Å². The standard InChI is InChI=1S/C11H16N2O2/c1-9(12-2)7-8-10-5-3-4-6-11(10)13(14)15/h3-6,9,12H,7-8H2,1-2H3. The van der Waals surface area contributed by atoms with Gasteiger partial charge in [0.25, 0.3) is 5.69 Å². The maximum absolute atomic E-state index is 10.7. The zero-order chi connectivity index (χ0) is 11.3. The Labute approximate surface area is 89.5 Å². The molecule has 1 aromatic carbocycles. The molecule has 1 atom stereocenters. The van der Waals surface area contributed by atoms with E-state index in [9.17, 15) is 10.1 Å². The molecule has 1 N–H and O–H groups in total. The van der Waals surface area contributed by atoms with Crippen molar-refractivity contribution in [1.29, 1.82) is 0 Å². The number of rotatable bonds is 5.